The topological polar surface area (TPSA) is 98.5 Å². The van der Waals surface area contributed by atoms with Crippen LogP contribution in [0.2, 0.25) is 0 Å². The van der Waals surface area contributed by atoms with Crippen LogP contribution in [0.1, 0.15) is 17.2 Å². The van der Waals surface area contributed by atoms with E-state index in [4.69, 9.17) is 10.3 Å². The number of rotatable bonds is 5. The van der Waals surface area contributed by atoms with E-state index in [9.17, 15) is 23.4 Å². The minimum Gasteiger partial charge on any atom is -0.496 e. The number of aliphatic hydroxyl groups excluding tert-OH is 2. The molecule has 110 valence electrons. The highest BCUT2D eigenvalue weighted by atomic mass is 19.4. The van der Waals surface area contributed by atoms with Crippen molar-refractivity contribution < 1.29 is 28.1 Å². The van der Waals surface area contributed by atoms with Gasteiger partial charge in [0.25, 0.3) is 0 Å². The Balaban J connectivity index is 3.16. The summed E-state index contributed by atoms with van der Waals surface area (Å²) in [7, 11) is 1.22. The van der Waals surface area contributed by atoms with Crippen LogP contribution in [0, 0.1) is 0 Å². The van der Waals surface area contributed by atoms with Gasteiger partial charge in [-0.1, -0.05) is 5.11 Å². The van der Waals surface area contributed by atoms with Crippen LogP contribution in [0.4, 0.5) is 13.2 Å². The predicted octanol–water partition coefficient (Wildman–Crippen LogP) is 2.42. The van der Waals surface area contributed by atoms with Crippen molar-refractivity contribution in [3.05, 3.63) is 39.8 Å². The minimum absolute atomic E-state index is 0.00881. The van der Waals surface area contributed by atoms with Crippen LogP contribution in [0.15, 0.2) is 23.3 Å². The van der Waals surface area contributed by atoms with Crippen molar-refractivity contribution in [3.63, 3.8) is 0 Å². The summed E-state index contributed by atoms with van der Waals surface area (Å²) in [6, 6.07) is 2.53. The van der Waals surface area contributed by atoms with E-state index in [-0.39, 0.29) is 11.3 Å². The molecule has 0 heterocycles. The van der Waals surface area contributed by atoms with Gasteiger partial charge in [-0.15, -0.1) is 0 Å². The molecule has 0 aromatic heterocycles. The summed E-state index contributed by atoms with van der Waals surface area (Å²) < 4.78 is 42.7. The lowest BCUT2D eigenvalue weighted by Gasteiger charge is -2.20. The Hall–Kier alpha value is -1.96. The van der Waals surface area contributed by atoms with Crippen LogP contribution < -0.4 is 4.74 Å². The number of aliphatic hydroxyl groups is 2. The van der Waals surface area contributed by atoms with Crippen LogP contribution in [0.5, 0.6) is 5.75 Å². The largest absolute Gasteiger partial charge is 0.496 e. The normalized spacial score (nSPS) is 14.3. The zero-order chi connectivity index (χ0) is 15.3. The Morgan fingerprint density at radius 2 is 2.05 bits per heavy atom. The van der Waals surface area contributed by atoms with Gasteiger partial charge < -0.3 is 14.9 Å². The van der Waals surface area contributed by atoms with Gasteiger partial charge in [-0.25, -0.2) is 0 Å². The molecular weight excluding hydrogens is 279 g/mol. The number of ether oxygens (including phenoxy) is 1. The zero-order valence-corrected chi connectivity index (χ0v) is 10.4. The van der Waals surface area contributed by atoms with Gasteiger partial charge in [0.1, 0.15) is 11.9 Å². The Bertz CT molecular complexity index is 515. The minimum atomic E-state index is -4.59. The second-order valence-corrected chi connectivity index (χ2v) is 3.88. The molecule has 9 heteroatoms. The van der Waals surface area contributed by atoms with Crippen LogP contribution in [-0.4, -0.2) is 30.0 Å². The number of benzene rings is 1. The average Bonchev–Trinajstić information content (AvgIpc) is 2.42. The third-order valence-corrected chi connectivity index (χ3v) is 2.57. The molecule has 0 aliphatic rings. The molecule has 0 aliphatic carbocycles. The van der Waals surface area contributed by atoms with Gasteiger partial charge in [-0.05, 0) is 23.7 Å². The maximum Gasteiger partial charge on any atom is 0.416 e. The van der Waals surface area contributed by atoms with E-state index in [0.717, 1.165) is 12.1 Å². The quantitative estimate of drug-likeness (QED) is 0.495. The van der Waals surface area contributed by atoms with Crippen LogP contribution >= 0.6 is 0 Å². The number of hydrogen-bond donors (Lipinski definition) is 2. The summed E-state index contributed by atoms with van der Waals surface area (Å²) in [5.74, 6) is -0.00881. The fourth-order valence-corrected chi connectivity index (χ4v) is 1.57. The smallest absolute Gasteiger partial charge is 0.416 e. The monoisotopic (exact) mass is 291 g/mol. The highest BCUT2D eigenvalue weighted by Crippen LogP contribution is 2.35. The molecule has 0 fully saturated rings. The maximum absolute atomic E-state index is 12.6. The van der Waals surface area contributed by atoms with Gasteiger partial charge in [0.2, 0.25) is 0 Å². The van der Waals surface area contributed by atoms with Gasteiger partial charge in [0, 0.05) is 10.5 Å². The first kappa shape index (κ1) is 16.1. The van der Waals surface area contributed by atoms with E-state index in [1.54, 1.807) is 0 Å². The Morgan fingerprint density at radius 1 is 1.40 bits per heavy atom. The molecule has 2 N–H and O–H groups in total. The Labute approximate surface area is 112 Å². The highest BCUT2D eigenvalue weighted by molar-refractivity contribution is 5.40. The first-order chi connectivity index (χ1) is 9.31. The van der Waals surface area contributed by atoms with E-state index in [1.807, 2.05) is 0 Å². The molecule has 1 rings (SSSR count). The van der Waals surface area contributed by atoms with Crippen LogP contribution in [0.3, 0.4) is 0 Å². The summed E-state index contributed by atoms with van der Waals surface area (Å²) in [5.41, 5.74) is 6.89. The summed E-state index contributed by atoms with van der Waals surface area (Å²) in [5, 5.41) is 22.5. The molecule has 0 saturated carbocycles. The standard InChI is InChI=1S/C11H12F3N3O3/c1-20-9-3-2-6(11(12,13)14)4-7(9)10(19)8(18)5-16-17-15/h2-4,8,10,18-19H,5H2,1H3. The van der Waals surface area contributed by atoms with Crippen molar-refractivity contribution in [2.75, 3.05) is 13.7 Å². The van der Waals surface area contributed by atoms with Gasteiger partial charge in [-0.3, -0.25) is 0 Å². The van der Waals surface area contributed by atoms with Crippen molar-refractivity contribution in [1.82, 2.24) is 0 Å². The SMILES string of the molecule is COc1ccc(C(F)(F)F)cc1C(O)C(O)CN=[N+]=[N-]. The van der Waals surface area contributed by atoms with Crippen LogP contribution in [0.25, 0.3) is 10.4 Å². The van der Waals surface area contributed by atoms with E-state index < -0.39 is 30.5 Å². The first-order valence-electron chi connectivity index (χ1n) is 5.43. The van der Waals surface area contributed by atoms with Crippen molar-refractivity contribution in [2.24, 2.45) is 5.11 Å². The van der Waals surface area contributed by atoms with E-state index in [2.05, 4.69) is 10.0 Å². The number of hydrogen-bond acceptors (Lipinski definition) is 4. The molecule has 0 aliphatic heterocycles. The van der Waals surface area contributed by atoms with Gasteiger partial charge >= 0.3 is 6.18 Å². The Morgan fingerprint density at radius 3 is 2.55 bits per heavy atom. The van der Waals surface area contributed by atoms with Gasteiger partial charge in [0.05, 0.1) is 25.3 Å². The average molecular weight is 291 g/mol. The fraction of sp³-hybridized carbons (Fsp3) is 0.455. The molecule has 0 bridgehead atoms. The number of methoxy groups -OCH3 is 1. The van der Waals surface area contributed by atoms with E-state index in [0.29, 0.717) is 6.07 Å². The molecule has 1 aromatic carbocycles. The van der Waals surface area contributed by atoms with Crippen LogP contribution in [-0.2, 0) is 6.18 Å². The van der Waals surface area contributed by atoms with Crippen molar-refractivity contribution in [2.45, 2.75) is 18.4 Å². The lowest BCUT2D eigenvalue weighted by Crippen LogP contribution is -2.22. The van der Waals surface area contributed by atoms with Gasteiger partial charge in [-0.2, -0.15) is 13.2 Å². The van der Waals surface area contributed by atoms with E-state index >= 15 is 0 Å². The van der Waals surface area contributed by atoms with Crippen molar-refractivity contribution in [1.29, 1.82) is 0 Å². The summed E-state index contributed by atoms with van der Waals surface area (Å²) in [4.78, 5) is 2.39. The van der Waals surface area contributed by atoms with Crippen molar-refractivity contribution >= 4 is 0 Å². The van der Waals surface area contributed by atoms with Gasteiger partial charge in [0.15, 0.2) is 0 Å². The molecule has 1 aromatic rings. The zero-order valence-electron chi connectivity index (χ0n) is 10.4. The molecule has 2 atom stereocenters. The number of azide groups is 1. The maximum atomic E-state index is 12.6. The third-order valence-electron chi connectivity index (χ3n) is 2.57. The molecule has 2 unspecified atom stereocenters. The number of nitrogens with zero attached hydrogens (tertiary/aromatic N) is 3. The number of halogens is 3. The molecule has 0 saturated heterocycles. The first-order valence-corrected chi connectivity index (χ1v) is 5.43. The third kappa shape index (κ3) is 3.77. The lowest BCUT2D eigenvalue weighted by molar-refractivity contribution is -0.137. The highest BCUT2D eigenvalue weighted by Gasteiger charge is 2.32. The molecule has 0 radical (unpaired) electrons. The second kappa shape index (κ2) is 6.47. The molecule has 6 nitrogen and oxygen atoms in total. The second-order valence-electron chi connectivity index (χ2n) is 3.88. The molecule has 0 spiro atoms. The number of alkyl halides is 3. The van der Waals surface area contributed by atoms with Crippen molar-refractivity contribution in [3.8, 4) is 5.75 Å². The Kier molecular flexibility index (Phi) is 5.20. The van der Waals surface area contributed by atoms with E-state index in [1.165, 1.54) is 7.11 Å². The molecular formula is C11H12F3N3O3. The summed E-state index contributed by atoms with van der Waals surface area (Å²) in [6.07, 6.45) is -7.79. The summed E-state index contributed by atoms with van der Waals surface area (Å²) in [6.45, 7) is -0.475. The molecule has 20 heavy (non-hydrogen) atoms. The molecule has 0 amide bonds. The lowest BCUT2D eigenvalue weighted by atomic mass is 10.0. The predicted molar refractivity (Wildman–Crippen MR) is 63.0 cm³/mol. The fourth-order valence-electron chi connectivity index (χ4n) is 1.57. The summed E-state index contributed by atoms with van der Waals surface area (Å²) >= 11 is 0.